The van der Waals surface area contributed by atoms with Gasteiger partial charge in [0.1, 0.15) is 0 Å². The van der Waals surface area contributed by atoms with Crippen LogP contribution >= 0.6 is 0 Å². The van der Waals surface area contributed by atoms with E-state index >= 15 is 0 Å². The third-order valence-electron chi connectivity index (χ3n) is 3.87. The Bertz CT molecular complexity index is 513. The van der Waals surface area contributed by atoms with E-state index < -0.39 is 0 Å². The lowest BCUT2D eigenvalue weighted by Crippen LogP contribution is -2.18. The molecule has 4 heteroatoms. The van der Waals surface area contributed by atoms with Crippen molar-refractivity contribution in [3.63, 3.8) is 0 Å². The molecule has 0 radical (unpaired) electrons. The highest BCUT2D eigenvalue weighted by Gasteiger charge is 2.32. The minimum Gasteiger partial charge on any atom is -0.422 e. The van der Waals surface area contributed by atoms with Gasteiger partial charge in [-0.05, 0) is 37.8 Å². The molecule has 0 unspecified atom stereocenters. The van der Waals surface area contributed by atoms with Gasteiger partial charge in [-0.25, -0.2) is 0 Å². The number of ether oxygens (including phenoxy) is 2. The van der Waals surface area contributed by atoms with Gasteiger partial charge in [0.2, 0.25) is 0 Å². The minimum atomic E-state index is -0.227. The van der Waals surface area contributed by atoms with Crippen molar-refractivity contribution >= 4 is 11.9 Å². The fourth-order valence-corrected chi connectivity index (χ4v) is 2.48. The molecule has 2 aliphatic rings. The third kappa shape index (κ3) is 3.00. The van der Waals surface area contributed by atoms with Crippen molar-refractivity contribution in [2.24, 2.45) is 11.8 Å². The number of rotatable bonds is 4. The van der Waals surface area contributed by atoms with Gasteiger partial charge in [-0.3, -0.25) is 9.59 Å². The van der Waals surface area contributed by atoms with Gasteiger partial charge in [0.25, 0.3) is 0 Å². The van der Waals surface area contributed by atoms with Crippen molar-refractivity contribution in [3.8, 4) is 11.5 Å². The fourth-order valence-electron chi connectivity index (χ4n) is 2.48. The Morgan fingerprint density at radius 1 is 0.800 bits per heavy atom. The Balaban J connectivity index is 1.68. The van der Waals surface area contributed by atoms with Gasteiger partial charge in [0.15, 0.2) is 11.5 Å². The Labute approximate surface area is 118 Å². The molecule has 1 aromatic rings. The van der Waals surface area contributed by atoms with Gasteiger partial charge in [0.05, 0.1) is 11.8 Å². The quantitative estimate of drug-likeness (QED) is 0.625. The molecule has 0 saturated heterocycles. The molecular weight excluding hydrogens is 256 g/mol. The molecule has 0 spiro atoms. The van der Waals surface area contributed by atoms with Gasteiger partial charge in [-0.2, -0.15) is 0 Å². The molecule has 0 bridgehead atoms. The number of hydrogen-bond donors (Lipinski definition) is 0. The van der Waals surface area contributed by atoms with E-state index in [0.29, 0.717) is 11.5 Å². The molecule has 2 aliphatic carbocycles. The van der Waals surface area contributed by atoms with Crippen molar-refractivity contribution in [3.05, 3.63) is 24.3 Å². The summed E-state index contributed by atoms with van der Waals surface area (Å²) < 4.78 is 10.7. The maximum Gasteiger partial charge on any atom is 0.314 e. The van der Waals surface area contributed by atoms with Crippen LogP contribution in [0.4, 0.5) is 0 Å². The van der Waals surface area contributed by atoms with E-state index in [1.165, 1.54) is 0 Å². The van der Waals surface area contributed by atoms with Crippen molar-refractivity contribution in [1.82, 2.24) is 0 Å². The predicted molar refractivity (Wildman–Crippen MR) is 72.4 cm³/mol. The van der Waals surface area contributed by atoms with E-state index in [1.807, 2.05) is 0 Å². The summed E-state index contributed by atoms with van der Waals surface area (Å²) in [5.74, 6) is 0.261. The monoisotopic (exact) mass is 274 g/mol. The molecule has 2 fully saturated rings. The number of carbonyl (C=O) groups is 2. The molecule has 3 rings (SSSR count). The molecule has 1 aromatic carbocycles. The maximum absolute atomic E-state index is 12.0. The molecule has 0 atom stereocenters. The van der Waals surface area contributed by atoms with Gasteiger partial charge in [-0.15, -0.1) is 0 Å². The molecular formula is C16H18O4. The van der Waals surface area contributed by atoms with Crippen LogP contribution in [-0.4, -0.2) is 11.9 Å². The Kier molecular flexibility index (Phi) is 3.72. The highest BCUT2D eigenvalue weighted by atomic mass is 16.6. The molecule has 0 aliphatic heterocycles. The van der Waals surface area contributed by atoms with Gasteiger partial charge in [0, 0.05) is 0 Å². The van der Waals surface area contributed by atoms with Crippen LogP contribution in [0.25, 0.3) is 0 Å². The summed E-state index contributed by atoms with van der Waals surface area (Å²) in [5.41, 5.74) is 0. The van der Waals surface area contributed by atoms with E-state index in [1.54, 1.807) is 24.3 Å². The summed E-state index contributed by atoms with van der Waals surface area (Å²) in [6.45, 7) is 0. The predicted octanol–water partition coefficient (Wildman–Crippen LogP) is 3.10. The molecule has 4 nitrogen and oxygen atoms in total. The lowest BCUT2D eigenvalue weighted by molar-refractivity contribution is -0.140. The summed E-state index contributed by atoms with van der Waals surface area (Å²) in [5, 5.41) is 0. The summed E-state index contributed by atoms with van der Waals surface area (Å²) in [4.78, 5) is 23.7. The molecule has 106 valence electrons. The SMILES string of the molecule is O=C(Oc1ccccc1OC(=O)C1CC1)C1CCCC1. The molecule has 0 amide bonds. The molecule has 20 heavy (non-hydrogen) atoms. The van der Waals surface area contributed by atoms with Gasteiger partial charge in [-0.1, -0.05) is 25.0 Å². The number of para-hydroxylation sites is 2. The summed E-state index contributed by atoms with van der Waals surface area (Å²) in [6.07, 6.45) is 5.73. The number of esters is 2. The van der Waals surface area contributed by atoms with E-state index in [0.717, 1.165) is 38.5 Å². The van der Waals surface area contributed by atoms with E-state index in [4.69, 9.17) is 9.47 Å². The Hall–Kier alpha value is -1.84. The highest BCUT2D eigenvalue weighted by molar-refractivity contribution is 5.79. The zero-order chi connectivity index (χ0) is 13.9. The first-order valence-corrected chi connectivity index (χ1v) is 7.26. The zero-order valence-electron chi connectivity index (χ0n) is 11.3. The number of benzene rings is 1. The number of hydrogen-bond acceptors (Lipinski definition) is 4. The van der Waals surface area contributed by atoms with Crippen LogP contribution in [0.2, 0.25) is 0 Å². The molecule has 2 saturated carbocycles. The fraction of sp³-hybridized carbons (Fsp3) is 0.500. The van der Waals surface area contributed by atoms with Crippen molar-refractivity contribution in [2.75, 3.05) is 0 Å². The molecule has 0 aromatic heterocycles. The van der Waals surface area contributed by atoms with Crippen LogP contribution in [-0.2, 0) is 9.59 Å². The average molecular weight is 274 g/mol. The second kappa shape index (κ2) is 5.65. The summed E-state index contributed by atoms with van der Waals surface area (Å²) in [6, 6.07) is 6.87. The second-order valence-electron chi connectivity index (χ2n) is 5.54. The van der Waals surface area contributed by atoms with Crippen molar-refractivity contribution < 1.29 is 19.1 Å². The molecule has 0 heterocycles. The maximum atomic E-state index is 12.0. The first kappa shape index (κ1) is 13.2. The van der Waals surface area contributed by atoms with Crippen LogP contribution in [0.1, 0.15) is 38.5 Å². The van der Waals surface area contributed by atoms with Gasteiger partial charge >= 0.3 is 11.9 Å². The average Bonchev–Trinajstić information content (AvgIpc) is 3.16. The van der Waals surface area contributed by atoms with Crippen LogP contribution < -0.4 is 9.47 Å². The largest absolute Gasteiger partial charge is 0.422 e. The summed E-state index contributed by atoms with van der Waals surface area (Å²) >= 11 is 0. The van der Waals surface area contributed by atoms with E-state index in [-0.39, 0.29) is 23.8 Å². The highest BCUT2D eigenvalue weighted by Crippen LogP contribution is 2.34. The van der Waals surface area contributed by atoms with E-state index in [2.05, 4.69) is 0 Å². The smallest absolute Gasteiger partial charge is 0.314 e. The lowest BCUT2D eigenvalue weighted by Gasteiger charge is -2.12. The summed E-state index contributed by atoms with van der Waals surface area (Å²) in [7, 11) is 0. The Morgan fingerprint density at radius 2 is 1.25 bits per heavy atom. The van der Waals surface area contributed by atoms with Crippen molar-refractivity contribution in [1.29, 1.82) is 0 Å². The topological polar surface area (TPSA) is 52.6 Å². The van der Waals surface area contributed by atoms with Crippen LogP contribution in [0, 0.1) is 11.8 Å². The van der Waals surface area contributed by atoms with Crippen molar-refractivity contribution in [2.45, 2.75) is 38.5 Å². The molecule has 0 N–H and O–H groups in total. The first-order valence-electron chi connectivity index (χ1n) is 7.26. The minimum absolute atomic E-state index is 0.0119. The Morgan fingerprint density at radius 3 is 1.70 bits per heavy atom. The van der Waals surface area contributed by atoms with E-state index in [9.17, 15) is 9.59 Å². The zero-order valence-corrected chi connectivity index (χ0v) is 11.3. The lowest BCUT2D eigenvalue weighted by atomic mass is 10.1. The third-order valence-corrected chi connectivity index (χ3v) is 3.87. The van der Waals surface area contributed by atoms with Crippen LogP contribution in [0.3, 0.4) is 0 Å². The van der Waals surface area contributed by atoms with Crippen LogP contribution in [0.15, 0.2) is 24.3 Å². The van der Waals surface area contributed by atoms with Gasteiger partial charge < -0.3 is 9.47 Å². The van der Waals surface area contributed by atoms with Crippen LogP contribution in [0.5, 0.6) is 11.5 Å². The first-order chi connectivity index (χ1) is 9.74. The normalized spacial score (nSPS) is 18.8. The second-order valence-corrected chi connectivity index (χ2v) is 5.54. The number of carbonyl (C=O) groups excluding carboxylic acids is 2. The standard InChI is InChI=1S/C16H18O4/c17-15(11-5-1-2-6-11)19-13-7-3-4-8-14(13)20-16(18)12-9-10-12/h3-4,7-8,11-12H,1-2,5-6,9-10H2.